The molecule has 230 valence electrons. The second-order valence-electron chi connectivity index (χ2n) is 13.7. The van der Waals surface area contributed by atoms with Crippen molar-refractivity contribution in [1.29, 1.82) is 0 Å². The molecule has 0 aliphatic rings. The highest BCUT2D eigenvalue weighted by atomic mass is 28.4. The summed E-state index contributed by atoms with van der Waals surface area (Å²) in [4.78, 5) is 24.3. The molecule has 1 heterocycles. The number of aliphatic hydroxyl groups excluding tert-OH is 1. The Labute approximate surface area is 245 Å². The molecule has 1 amide bonds. The van der Waals surface area contributed by atoms with Crippen LogP contribution in [-0.4, -0.2) is 71.8 Å². The number of hydrogen-bond acceptors (Lipinski definition) is 8. The fraction of sp³-hybridized carbons (Fsp3) is 0.633. The van der Waals surface area contributed by atoms with Gasteiger partial charge in [0.25, 0.3) is 0 Å². The van der Waals surface area contributed by atoms with Crippen LogP contribution in [0.5, 0.6) is 5.75 Å². The van der Waals surface area contributed by atoms with E-state index < -0.39 is 37.7 Å². The maximum Gasteiger partial charge on any atom is 0.407 e. The molecule has 11 heteroatoms. The van der Waals surface area contributed by atoms with E-state index in [-0.39, 0.29) is 24.3 Å². The number of hydrogen-bond donors (Lipinski definition) is 2. The van der Waals surface area contributed by atoms with E-state index in [9.17, 15) is 14.7 Å². The van der Waals surface area contributed by atoms with E-state index in [2.05, 4.69) is 44.3 Å². The minimum Gasteiger partial charge on any atom is -0.490 e. The van der Waals surface area contributed by atoms with Gasteiger partial charge in [0, 0.05) is 18.3 Å². The van der Waals surface area contributed by atoms with E-state index in [4.69, 9.17) is 18.6 Å². The molecule has 0 saturated carbocycles. The molecule has 0 saturated heterocycles. The molecular formula is C30H49N3O7Si. The van der Waals surface area contributed by atoms with Gasteiger partial charge in [-0.15, -0.1) is 0 Å². The zero-order chi connectivity index (χ0) is 31.2. The maximum atomic E-state index is 12.3. The van der Waals surface area contributed by atoms with Crippen LogP contribution in [-0.2, 0) is 25.2 Å². The quantitative estimate of drug-likeness (QED) is 0.258. The monoisotopic (exact) mass is 591 g/mol. The molecule has 0 fully saturated rings. The highest BCUT2D eigenvalue weighted by Crippen LogP contribution is 2.37. The Morgan fingerprint density at radius 2 is 1.54 bits per heavy atom. The number of amides is 1. The summed E-state index contributed by atoms with van der Waals surface area (Å²) < 4.78 is 24.6. The molecule has 0 aliphatic heterocycles. The van der Waals surface area contributed by atoms with Crippen LogP contribution < -0.4 is 10.1 Å². The standard InChI is InChI=1S/C30H49N3O7Si/c1-28(2,3)38-26(35)25(34)20-37-23-14-12-21(13-15-23)22-16-32-33(18-22)19-24(40-41(10,11)30(7,8)9)17-31-27(36)39-29(4,5)6/h12-16,18,24-25,34H,17,19-20H2,1-11H3,(H,31,36)/t24-,25-/m1/s1. The van der Waals surface area contributed by atoms with Gasteiger partial charge in [-0.1, -0.05) is 32.9 Å². The minimum atomic E-state index is -2.13. The lowest BCUT2D eigenvalue weighted by Gasteiger charge is -2.39. The molecule has 2 rings (SSSR count). The van der Waals surface area contributed by atoms with Crippen molar-refractivity contribution in [1.82, 2.24) is 15.1 Å². The van der Waals surface area contributed by atoms with Crippen LogP contribution in [0.3, 0.4) is 0 Å². The highest BCUT2D eigenvalue weighted by molar-refractivity contribution is 6.74. The predicted octanol–water partition coefficient (Wildman–Crippen LogP) is 5.55. The number of carbonyl (C=O) groups is 2. The van der Waals surface area contributed by atoms with Crippen molar-refractivity contribution in [3.05, 3.63) is 36.7 Å². The van der Waals surface area contributed by atoms with Crippen LogP contribution in [0.2, 0.25) is 18.1 Å². The molecule has 0 aliphatic carbocycles. The average Bonchev–Trinajstić information content (AvgIpc) is 3.26. The minimum absolute atomic E-state index is 0.000785. The van der Waals surface area contributed by atoms with Crippen molar-refractivity contribution in [2.45, 2.75) is 110 Å². The van der Waals surface area contributed by atoms with Crippen LogP contribution in [0, 0.1) is 0 Å². The molecular weight excluding hydrogens is 542 g/mol. The first kappa shape index (κ1) is 34.3. The molecule has 41 heavy (non-hydrogen) atoms. The number of aromatic nitrogens is 2. The topological polar surface area (TPSA) is 121 Å². The summed E-state index contributed by atoms with van der Waals surface area (Å²) in [5.74, 6) is -0.210. The fourth-order valence-corrected chi connectivity index (χ4v) is 4.77. The van der Waals surface area contributed by atoms with Gasteiger partial charge < -0.3 is 29.1 Å². The van der Waals surface area contributed by atoms with Crippen molar-refractivity contribution in [3.63, 3.8) is 0 Å². The third kappa shape index (κ3) is 11.9. The van der Waals surface area contributed by atoms with E-state index >= 15 is 0 Å². The highest BCUT2D eigenvalue weighted by Gasteiger charge is 2.39. The molecule has 1 aromatic carbocycles. The van der Waals surface area contributed by atoms with E-state index in [0.717, 1.165) is 11.1 Å². The van der Waals surface area contributed by atoms with Crippen LogP contribution >= 0.6 is 0 Å². The number of benzene rings is 1. The number of ether oxygens (including phenoxy) is 3. The molecule has 1 aromatic heterocycles. The molecule has 2 N–H and O–H groups in total. The summed E-state index contributed by atoms with van der Waals surface area (Å²) in [5, 5.41) is 17.4. The molecule has 10 nitrogen and oxygen atoms in total. The molecule has 0 radical (unpaired) electrons. The van der Waals surface area contributed by atoms with Gasteiger partial charge in [0.1, 0.15) is 23.6 Å². The Kier molecular flexibility index (Phi) is 11.2. The SMILES string of the molecule is CC(C)(C)OC(=O)NC[C@H](Cn1cc(-c2ccc(OC[C@@H](O)C(=O)OC(C)(C)C)cc2)cn1)O[Si](C)(C)C(C)(C)C. The average molecular weight is 592 g/mol. The number of carbonyl (C=O) groups excluding carboxylic acids is 2. The number of nitrogens with zero attached hydrogens (tertiary/aromatic N) is 2. The summed E-state index contributed by atoms with van der Waals surface area (Å²) in [7, 11) is -2.13. The Balaban J connectivity index is 2.07. The van der Waals surface area contributed by atoms with Gasteiger partial charge in [-0.2, -0.15) is 5.10 Å². The number of aliphatic hydroxyl groups is 1. The third-order valence-corrected chi connectivity index (χ3v) is 11.0. The van der Waals surface area contributed by atoms with Crippen molar-refractivity contribution < 1.29 is 33.3 Å². The fourth-order valence-electron chi connectivity index (χ4n) is 3.43. The van der Waals surface area contributed by atoms with Crippen LogP contribution in [0.4, 0.5) is 4.79 Å². The second-order valence-corrected chi connectivity index (χ2v) is 18.5. The van der Waals surface area contributed by atoms with Crippen LogP contribution in [0.25, 0.3) is 11.1 Å². The normalized spacial score (nSPS) is 14.2. The molecule has 0 unspecified atom stereocenters. The largest absolute Gasteiger partial charge is 0.490 e. The molecule has 2 atom stereocenters. The van der Waals surface area contributed by atoms with Crippen molar-refractivity contribution >= 4 is 20.4 Å². The van der Waals surface area contributed by atoms with E-state index in [1.165, 1.54) is 0 Å². The van der Waals surface area contributed by atoms with Crippen molar-refractivity contribution in [2.24, 2.45) is 0 Å². The summed E-state index contributed by atoms with van der Waals surface area (Å²) in [6, 6.07) is 7.29. The number of alkyl carbamates (subject to hydrolysis) is 1. The van der Waals surface area contributed by atoms with E-state index in [1.807, 2.05) is 43.8 Å². The molecule has 0 spiro atoms. The van der Waals surface area contributed by atoms with E-state index in [1.54, 1.807) is 39.1 Å². The van der Waals surface area contributed by atoms with Crippen LogP contribution in [0.1, 0.15) is 62.3 Å². The lowest BCUT2D eigenvalue weighted by molar-refractivity contribution is -0.166. The summed E-state index contributed by atoms with van der Waals surface area (Å²) in [6.07, 6.45) is 1.54. The van der Waals surface area contributed by atoms with Gasteiger partial charge in [0.2, 0.25) is 0 Å². The van der Waals surface area contributed by atoms with Gasteiger partial charge in [0.05, 0.1) is 18.8 Å². The first-order valence-electron chi connectivity index (χ1n) is 14.0. The Hall–Kier alpha value is -2.89. The van der Waals surface area contributed by atoms with Gasteiger partial charge in [-0.25, -0.2) is 9.59 Å². The molecule has 2 aromatic rings. The second kappa shape index (κ2) is 13.4. The predicted molar refractivity (Wildman–Crippen MR) is 161 cm³/mol. The van der Waals surface area contributed by atoms with Gasteiger partial charge >= 0.3 is 12.1 Å². The van der Waals surface area contributed by atoms with Gasteiger partial charge in [-0.3, -0.25) is 4.68 Å². The van der Waals surface area contributed by atoms with Gasteiger partial charge in [-0.05, 0) is 77.4 Å². The summed E-state index contributed by atoms with van der Waals surface area (Å²) in [6.45, 7) is 22.1. The van der Waals surface area contributed by atoms with Gasteiger partial charge in [0.15, 0.2) is 14.4 Å². The number of rotatable bonds is 11. The zero-order valence-electron chi connectivity index (χ0n) is 26.5. The lowest BCUT2D eigenvalue weighted by Crippen LogP contribution is -2.48. The van der Waals surface area contributed by atoms with E-state index in [0.29, 0.717) is 12.3 Å². The summed E-state index contributed by atoms with van der Waals surface area (Å²) >= 11 is 0. The Morgan fingerprint density at radius 3 is 2.07 bits per heavy atom. The zero-order valence-corrected chi connectivity index (χ0v) is 27.5. The summed E-state index contributed by atoms with van der Waals surface area (Å²) in [5.41, 5.74) is 0.548. The Bertz CT molecular complexity index is 1140. The van der Waals surface area contributed by atoms with Crippen molar-refractivity contribution in [2.75, 3.05) is 13.2 Å². The first-order chi connectivity index (χ1) is 18.6. The third-order valence-electron chi connectivity index (χ3n) is 6.44. The van der Waals surface area contributed by atoms with Crippen molar-refractivity contribution in [3.8, 4) is 16.9 Å². The first-order valence-corrected chi connectivity index (χ1v) is 16.9. The Morgan fingerprint density at radius 1 is 0.951 bits per heavy atom. The maximum absolute atomic E-state index is 12.3. The molecule has 0 bridgehead atoms. The van der Waals surface area contributed by atoms with Crippen LogP contribution in [0.15, 0.2) is 36.7 Å². The lowest BCUT2D eigenvalue weighted by atomic mass is 10.1. The number of esters is 1. The number of nitrogens with one attached hydrogen (secondary N) is 1. The smallest absolute Gasteiger partial charge is 0.407 e.